The van der Waals surface area contributed by atoms with Crippen LogP contribution in [-0.2, 0) is 5.41 Å². The first-order chi connectivity index (χ1) is 4.71. The molecule has 0 atom stereocenters. The zero-order valence-electron chi connectivity index (χ0n) is 5.92. The average molecular weight is 138 g/mol. The minimum Gasteiger partial charge on any atom is -0.432 e. The van der Waals surface area contributed by atoms with Crippen molar-refractivity contribution in [2.24, 2.45) is 0 Å². The molecule has 0 amide bonds. The van der Waals surface area contributed by atoms with Crippen molar-refractivity contribution < 1.29 is 4.42 Å². The van der Waals surface area contributed by atoms with Gasteiger partial charge in [-0.05, 0) is 12.8 Å². The van der Waals surface area contributed by atoms with Gasteiger partial charge in [0.25, 0.3) is 6.01 Å². The molecule has 3 heteroatoms. The monoisotopic (exact) mass is 138 g/mol. The highest BCUT2D eigenvalue weighted by Gasteiger charge is 2.41. The van der Waals surface area contributed by atoms with Crippen LogP contribution in [0.25, 0.3) is 0 Å². The van der Waals surface area contributed by atoms with Gasteiger partial charge in [-0.2, -0.15) is 4.98 Å². The van der Waals surface area contributed by atoms with Gasteiger partial charge in [0, 0.05) is 5.41 Å². The number of nitrogens with zero attached hydrogens (tertiary/aromatic N) is 1. The Morgan fingerprint density at radius 2 is 2.40 bits per heavy atom. The summed E-state index contributed by atoms with van der Waals surface area (Å²) in [6.07, 6.45) is 4.07. The molecule has 3 nitrogen and oxygen atoms in total. The van der Waals surface area contributed by atoms with Gasteiger partial charge in [0.15, 0.2) is 0 Å². The minimum absolute atomic E-state index is 0.279. The molecule has 0 spiro atoms. The second kappa shape index (κ2) is 1.54. The number of hydrogen-bond acceptors (Lipinski definition) is 3. The Hall–Kier alpha value is -0.990. The third-order valence-corrected chi connectivity index (χ3v) is 2.14. The van der Waals surface area contributed by atoms with Crippen LogP contribution in [-0.4, -0.2) is 4.98 Å². The Balaban J connectivity index is 2.34. The summed E-state index contributed by atoms with van der Waals surface area (Å²) in [7, 11) is 0. The van der Waals surface area contributed by atoms with Gasteiger partial charge in [-0.3, -0.25) is 0 Å². The first kappa shape index (κ1) is 5.77. The summed E-state index contributed by atoms with van der Waals surface area (Å²) in [6.45, 7) is 2.17. The lowest BCUT2D eigenvalue weighted by Gasteiger charge is -1.98. The number of nitrogen functional groups attached to an aromatic ring is 1. The molecule has 1 aliphatic rings. The molecular weight excluding hydrogens is 128 g/mol. The number of rotatable bonds is 1. The summed E-state index contributed by atoms with van der Waals surface area (Å²) < 4.78 is 4.90. The van der Waals surface area contributed by atoms with Crippen LogP contribution in [0.4, 0.5) is 6.01 Å². The molecule has 0 radical (unpaired) electrons. The largest absolute Gasteiger partial charge is 0.432 e. The molecule has 10 heavy (non-hydrogen) atoms. The maximum Gasteiger partial charge on any atom is 0.292 e. The molecule has 0 unspecified atom stereocenters. The van der Waals surface area contributed by atoms with Gasteiger partial charge in [0.05, 0.1) is 5.69 Å². The highest BCUT2D eigenvalue weighted by molar-refractivity contribution is 5.24. The number of nitrogens with two attached hydrogens (primary N) is 1. The van der Waals surface area contributed by atoms with E-state index in [1.54, 1.807) is 6.26 Å². The Kier molecular flexibility index (Phi) is 0.886. The molecule has 1 heterocycles. The lowest BCUT2D eigenvalue weighted by Crippen LogP contribution is -1.99. The van der Waals surface area contributed by atoms with Crippen molar-refractivity contribution in [3.8, 4) is 0 Å². The summed E-state index contributed by atoms with van der Waals surface area (Å²) in [5.74, 6) is 0. The van der Waals surface area contributed by atoms with Crippen LogP contribution in [0.1, 0.15) is 25.5 Å². The summed E-state index contributed by atoms with van der Waals surface area (Å²) >= 11 is 0. The molecule has 1 aromatic rings. The second-order valence-electron chi connectivity index (χ2n) is 3.13. The molecule has 1 aromatic heterocycles. The normalized spacial score (nSPS) is 20.9. The van der Waals surface area contributed by atoms with Crippen molar-refractivity contribution in [2.75, 3.05) is 5.73 Å². The smallest absolute Gasteiger partial charge is 0.292 e. The highest BCUT2D eigenvalue weighted by atomic mass is 16.4. The zero-order valence-corrected chi connectivity index (χ0v) is 5.92. The van der Waals surface area contributed by atoms with E-state index in [1.165, 1.54) is 12.8 Å². The SMILES string of the molecule is CC1(c2coc(N)n2)CC1. The Bertz CT molecular complexity index is 250. The van der Waals surface area contributed by atoms with Crippen LogP contribution in [0.15, 0.2) is 10.7 Å². The summed E-state index contributed by atoms with van der Waals surface area (Å²) in [5.41, 5.74) is 6.61. The average Bonchev–Trinajstić information content (AvgIpc) is 2.45. The van der Waals surface area contributed by atoms with Crippen LogP contribution in [0.5, 0.6) is 0 Å². The van der Waals surface area contributed by atoms with Crippen molar-refractivity contribution in [3.63, 3.8) is 0 Å². The van der Waals surface area contributed by atoms with Gasteiger partial charge in [-0.25, -0.2) is 0 Å². The van der Waals surface area contributed by atoms with E-state index >= 15 is 0 Å². The first-order valence-electron chi connectivity index (χ1n) is 3.42. The molecule has 0 bridgehead atoms. The maximum absolute atomic E-state index is 5.33. The van der Waals surface area contributed by atoms with E-state index in [2.05, 4.69) is 11.9 Å². The van der Waals surface area contributed by atoms with Gasteiger partial charge in [-0.15, -0.1) is 0 Å². The van der Waals surface area contributed by atoms with Crippen molar-refractivity contribution in [3.05, 3.63) is 12.0 Å². The first-order valence-corrected chi connectivity index (χ1v) is 3.42. The number of anilines is 1. The molecule has 0 aromatic carbocycles. The van der Waals surface area contributed by atoms with Crippen LogP contribution in [0, 0.1) is 0 Å². The topological polar surface area (TPSA) is 52.0 Å². The van der Waals surface area contributed by atoms with Gasteiger partial charge in [-0.1, -0.05) is 6.92 Å². The Labute approximate surface area is 59.2 Å². The third-order valence-electron chi connectivity index (χ3n) is 2.14. The van der Waals surface area contributed by atoms with E-state index in [9.17, 15) is 0 Å². The minimum atomic E-state index is 0.279. The standard InChI is InChI=1S/C7H10N2O/c1-7(2-3-7)5-4-10-6(8)9-5/h4H,2-3H2,1H3,(H2,8,9). The molecule has 2 rings (SSSR count). The highest BCUT2D eigenvalue weighted by Crippen LogP contribution is 2.46. The lowest BCUT2D eigenvalue weighted by molar-refractivity contribution is 0.575. The van der Waals surface area contributed by atoms with E-state index in [-0.39, 0.29) is 11.4 Å². The van der Waals surface area contributed by atoms with E-state index in [0.29, 0.717) is 0 Å². The van der Waals surface area contributed by atoms with Gasteiger partial charge in [0.2, 0.25) is 0 Å². The van der Waals surface area contributed by atoms with Crippen molar-refractivity contribution in [2.45, 2.75) is 25.2 Å². The summed E-state index contributed by atoms with van der Waals surface area (Å²) in [4.78, 5) is 4.06. The fourth-order valence-electron chi connectivity index (χ4n) is 1.01. The maximum atomic E-state index is 5.33. The summed E-state index contributed by atoms with van der Waals surface area (Å²) in [6, 6.07) is 0.281. The molecular formula is C7H10N2O. The lowest BCUT2D eigenvalue weighted by atomic mass is 10.1. The van der Waals surface area contributed by atoms with Gasteiger partial charge in [0.1, 0.15) is 6.26 Å². The molecule has 54 valence electrons. The fourth-order valence-corrected chi connectivity index (χ4v) is 1.01. The Morgan fingerprint density at radius 3 is 2.80 bits per heavy atom. The second-order valence-corrected chi connectivity index (χ2v) is 3.13. The Morgan fingerprint density at radius 1 is 1.70 bits per heavy atom. The van der Waals surface area contributed by atoms with Gasteiger partial charge < -0.3 is 10.2 Å². The van der Waals surface area contributed by atoms with Crippen LogP contribution in [0.3, 0.4) is 0 Å². The predicted molar refractivity (Wildman–Crippen MR) is 37.5 cm³/mol. The molecule has 0 aliphatic heterocycles. The third kappa shape index (κ3) is 0.701. The summed E-state index contributed by atoms with van der Waals surface area (Å²) in [5, 5.41) is 0. The molecule has 1 aliphatic carbocycles. The van der Waals surface area contributed by atoms with Crippen LogP contribution >= 0.6 is 0 Å². The number of oxazole rings is 1. The quantitative estimate of drug-likeness (QED) is 0.636. The van der Waals surface area contributed by atoms with Crippen molar-refractivity contribution in [1.82, 2.24) is 4.98 Å². The number of aromatic nitrogens is 1. The van der Waals surface area contributed by atoms with E-state index in [1.807, 2.05) is 0 Å². The molecule has 1 fully saturated rings. The zero-order chi connectivity index (χ0) is 7.19. The predicted octanol–water partition coefficient (Wildman–Crippen LogP) is 1.31. The molecule has 2 N–H and O–H groups in total. The fraction of sp³-hybridized carbons (Fsp3) is 0.571. The van der Waals surface area contributed by atoms with E-state index < -0.39 is 0 Å². The van der Waals surface area contributed by atoms with E-state index in [0.717, 1.165) is 5.69 Å². The van der Waals surface area contributed by atoms with Crippen molar-refractivity contribution >= 4 is 6.01 Å². The van der Waals surface area contributed by atoms with Crippen molar-refractivity contribution in [1.29, 1.82) is 0 Å². The van der Waals surface area contributed by atoms with E-state index in [4.69, 9.17) is 10.2 Å². The van der Waals surface area contributed by atoms with Crippen LogP contribution < -0.4 is 5.73 Å². The van der Waals surface area contributed by atoms with Gasteiger partial charge >= 0.3 is 0 Å². The molecule has 0 saturated heterocycles. The molecule has 1 saturated carbocycles. The van der Waals surface area contributed by atoms with Crippen LogP contribution in [0.2, 0.25) is 0 Å². The number of hydrogen-bond donors (Lipinski definition) is 1.